The van der Waals surface area contributed by atoms with Crippen molar-refractivity contribution >= 4 is 24.8 Å². The van der Waals surface area contributed by atoms with Crippen LogP contribution in [-0.2, 0) is 22.9 Å². The van der Waals surface area contributed by atoms with Crippen LogP contribution in [0.2, 0.25) is 0 Å². The lowest BCUT2D eigenvalue weighted by Gasteiger charge is -2.30. The Labute approximate surface area is 188 Å². The van der Waals surface area contributed by atoms with Gasteiger partial charge in [-0.05, 0) is 24.6 Å². The highest BCUT2D eigenvalue weighted by Crippen LogP contribution is 2.57. The van der Waals surface area contributed by atoms with E-state index < -0.39 is 38.0 Å². The first-order valence-electron chi connectivity index (χ1n) is 10.2. The SMILES string of the molecule is C[C@@]1(O)[C@H](O)[C@@H](COP2(=O)OCC[C@@H](c3ccncc3)O2)O[C@H]1n1cnc2c(N)ncnc21. The molecule has 0 spiro atoms. The molecule has 14 heteroatoms. The molecule has 5 rings (SSSR count). The van der Waals surface area contributed by atoms with E-state index in [0.29, 0.717) is 17.6 Å². The van der Waals surface area contributed by atoms with Gasteiger partial charge in [-0.3, -0.25) is 23.1 Å². The second-order valence-electron chi connectivity index (χ2n) is 8.02. The average Bonchev–Trinajstić information content (AvgIpc) is 3.33. The summed E-state index contributed by atoms with van der Waals surface area (Å²) >= 11 is 0. The van der Waals surface area contributed by atoms with E-state index in [4.69, 9.17) is 24.0 Å². The maximum Gasteiger partial charge on any atom is 0.475 e. The van der Waals surface area contributed by atoms with Crippen molar-refractivity contribution < 1.29 is 33.1 Å². The normalized spacial score (nSPS) is 34.6. The van der Waals surface area contributed by atoms with Crippen LogP contribution in [-0.4, -0.2) is 65.7 Å². The first-order chi connectivity index (χ1) is 15.8. The summed E-state index contributed by atoms with van der Waals surface area (Å²) in [5.41, 5.74) is 5.54. The van der Waals surface area contributed by atoms with Crippen LogP contribution < -0.4 is 5.73 Å². The first-order valence-corrected chi connectivity index (χ1v) is 11.7. The monoisotopic (exact) mass is 478 g/mol. The van der Waals surface area contributed by atoms with Crippen LogP contribution in [0.4, 0.5) is 5.82 Å². The van der Waals surface area contributed by atoms with E-state index in [0.717, 1.165) is 5.56 Å². The maximum absolute atomic E-state index is 13.0. The van der Waals surface area contributed by atoms with E-state index in [1.54, 1.807) is 24.5 Å². The van der Waals surface area contributed by atoms with Crippen LogP contribution in [0.1, 0.15) is 31.2 Å². The summed E-state index contributed by atoms with van der Waals surface area (Å²) in [6, 6.07) is 3.52. The Kier molecular flexibility index (Phi) is 5.65. The van der Waals surface area contributed by atoms with E-state index in [2.05, 4.69) is 19.9 Å². The van der Waals surface area contributed by atoms with Gasteiger partial charge in [0, 0.05) is 18.8 Å². The van der Waals surface area contributed by atoms with E-state index >= 15 is 0 Å². The Morgan fingerprint density at radius 2 is 2.12 bits per heavy atom. The Balaban J connectivity index is 1.31. The van der Waals surface area contributed by atoms with Crippen molar-refractivity contribution in [3.05, 3.63) is 42.7 Å². The summed E-state index contributed by atoms with van der Waals surface area (Å²) in [7, 11) is -3.93. The molecule has 0 aliphatic carbocycles. The molecular formula is C19H23N6O7P. The topological polar surface area (TPSA) is 177 Å². The molecule has 2 aliphatic rings. The van der Waals surface area contributed by atoms with Gasteiger partial charge in [-0.25, -0.2) is 19.5 Å². The molecular weight excluding hydrogens is 455 g/mol. The van der Waals surface area contributed by atoms with Crippen molar-refractivity contribution in [2.75, 3.05) is 18.9 Å². The Morgan fingerprint density at radius 3 is 2.91 bits per heavy atom. The fourth-order valence-corrected chi connectivity index (χ4v) is 5.36. The number of aromatic nitrogens is 5. The van der Waals surface area contributed by atoms with E-state index in [-0.39, 0.29) is 19.0 Å². The third-order valence-electron chi connectivity index (χ3n) is 5.75. The lowest BCUT2D eigenvalue weighted by Crippen LogP contribution is -2.44. The molecule has 5 heterocycles. The van der Waals surface area contributed by atoms with Crippen LogP contribution in [0.15, 0.2) is 37.2 Å². The third kappa shape index (κ3) is 4.02. The lowest BCUT2D eigenvalue weighted by atomic mass is 9.96. The van der Waals surface area contributed by atoms with Gasteiger partial charge in [0.05, 0.1) is 25.6 Å². The number of phosphoric ester groups is 1. The molecule has 4 N–H and O–H groups in total. The molecule has 6 atom stereocenters. The zero-order chi connectivity index (χ0) is 23.2. The number of fused-ring (bicyclic) bond motifs is 1. The smallest absolute Gasteiger partial charge is 0.387 e. The lowest BCUT2D eigenvalue weighted by molar-refractivity contribution is -0.0953. The van der Waals surface area contributed by atoms with Gasteiger partial charge in [-0.2, -0.15) is 0 Å². The second-order valence-corrected chi connectivity index (χ2v) is 9.64. The summed E-state index contributed by atoms with van der Waals surface area (Å²) in [5.74, 6) is 0.172. The molecule has 3 aromatic rings. The predicted octanol–water partition coefficient (Wildman–Crippen LogP) is 1.12. The molecule has 2 fully saturated rings. The van der Waals surface area contributed by atoms with Crippen LogP contribution >= 0.6 is 7.82 Å². The summed E-state index contributed by atoms with van der Waals surface area (Å²) < 4.78 is 36.7. The minimum absolute atomic E-state index is 0.167. The van der Waals surface area contributed by atoms with Gasteiger partial charge in [0.1, 0.15) is 29.7 Å². The summed E-state index contributed by atoms with van der Waals surface area (Å²) in [6.07, 6.45) is 2.40. The average molecular weight is 478 g/mol. The van der Waals surface area contributed by atoms with Crippen molar-refractivity contribution in [2.45, 2.75) is 43.5 Å². The summed E-state index contributed by atoms with van der Waals surface area (Å²) in [5, 5.41) is 21.7. The Hall–Kier alpha value is -2.51. The number of nitrogens with zero attached hydrogens (tertiary/aromatic N) is 5. The number of anilines is 1. The predicted molar refractivity (Wildman–Crippen MR) is 112 cm³/mol. The number of rotatable bonds is 5. The Morgan fingerprint density at radius 1 is 1.33 bits per heavy atom. The van der Waals surface area contributed by atoms with Gasteiger partial charge in [0.15, 0.2) is 17.7 Å². The number of nitrogen functional groups attached to an aromatic ring is 1. The molecule has 0 aromatic carbocycles. The van der Waals surface area contributed by atoms with Gasteiger partial charge in [-0.15, -0.1) is 0 Å². The molecule has 2 aliphatic heterocycles. The molecule has 1 unspecified atom stereocenters. The molecule has 33 heavy (non-hydrogen) atoms. The third-order valence-corrected chi connectivity index (χ3v) is 7.23. The minimum atomic E-state index is -3.93. The molecule has 2 saturated heterocycles. The van der Waals surface area contributed by atoms with Crippen molar-refractivity contribution in [2.24, 2.45) is 0 Å². The van der Waals surface area contributed by atoms with Gasteiger partial charge < -0.3 is 20.7 Å². The molecule has 13 nitrogen and oxygen atoms in total. The molecule has 0 radical (unpaired) electrons. The molecule has 3 aromatic heterocycles. The minimum Gasteiger partial charge on any atom is -0.387 e. The zero-order valence-corrected chi connectivity index (χ0v) is 18.5. The highest BCUT2D eigenvalue weighted by Gasteiger charge is 2.54. The number of hydrogen-bond acceptors (Lipinski definition) is 12. The van der Waals surface area contributed by atoms with Crippen molar-refractivity contribution in [1.82, 2.24) is 24.5 Å². The fraction of sp³-hybridized carbons (Fsp3) is 0.474. The van der Waals surface area contributed by atoms with Crippen LogP contribution in [0.3, 0.4) is 0 Å². The van der Waals surface area contributed by atoms with Gasteiger partial charge in [0.25, 0.3) is 0 Å². The number of aliphatic hydroxyl groups excluding tert-OH is 1. The molecule has 0 bridgehead atoms. The highest BCUT2D eigenvalue weighted by molar-refractivity contribution is 7.48. The van der Waals surface area contributed by atoms with Crippen molar-refractivity contribution in [3.63, 3.8) is 0 Å². The van der Waals surface area contributed by atoms with E-state index in [9.17, 15) is 14.8 Å². The van der Waals surface area contributed by atoms with Crippen molar-refractivity contribution in [1.29, 1.82) is 0 Å². The first kappa shape index (κ1) is 22.3. The van der Waals surface area contributed by atoms with Crippen LogP contribution in [0, 0.1) is 0 Å². The Bertz CT molecular complexity index is 1190. The summed E-state index contributed by atoms with van der Waals surface area (Å²) in [4.78, 5) is 16.2. The quantitative estimate of drug-likeness (QED) is 0.446. The molecule has 0 amide bonds. The van der Waals surface area contributed by atoms with Crippen molar-refractivity contribution in [3.8, 4) is 0 Å². The number of ether oxygens (including phenoxy) is 1. The van der Waals surface area contributed by atoms with Gasteiger partial charge >= 0.3 is 7.82 Å². The van der Waals surface area contributed by atoms with Gasteiger partial charge in [-0.1, -0.05) is 0 Å². The zero-order valence-electron chi connectivity index (χ0n) is 17.6. The van der Waals surface area contributed by atoms with Gasteiger partial charge in [0.2, 0.25) is 0 Å². The van der Waals surface area contributed by atoms with E-state index in [1.807, 2.05) is 0 Å². The highest BCUT2D eigenvalue weighted by atomic mass is 31.2. The standard InChI is InChI=1S/C19H23N6O7P/c1-19(27)15(26)13(31-18(19)25-10-24-14-16(20)22-9-23-17(14)25)8-30-33(28)29-7-4-12(32-33)11-2-5-21-6-3-11/h2-3,5-6,9-10,12-13,15,18,26-27H,4,7-8H2,1H3,(H2,20,22,23)/t12-,13+,15+,18+,19+,33?/m0/s1. The van der Waals surface area contributed by atoms with Crippen LogP contribution in [0.5, 0.6) is 0 Å². The second kappa shape index (κ2) is 8.37. The maximum atomic E-state index is 13.0. The number of phosphoric acid groups is 1. The van der Waals surface area contributed by atoms with Crippen LogP contribution in [0.25, 0.3) is 11.2 Å². The number of nitrogens with two attached hydrogens (primary N) is 1. The van der Waals surface area contributed by atoms with E-state index in [1.165, 1.54) is 24.1 Å². The number of aliphatic hydroxyl groups is 2. The number of imidazole rings is 1. The fourth-order valence-electron chi connectivity index (χ4n) is 3.97. The summed E-state index contributed by atoms with van der Waals surface area (Å²) in [6.45, 7) is 1.23. The molecule has 176 valence electrons. The largest absolute Gasteiger partial charge is 0.475 e. The molecule has 0 saturated carbocycles. The number of hydrogen-bond donors (Lipinski definition) is 3. The number of pyridine rings is 1.